The number of rotatable bonds is 6. The zero-order valence-electron chi connectivity index (χ0n) is 11.3. The molecule has 0 saturated carbocycles. The van der Waals surface area contributed by atoms with Gasteiger partial charge in [-0.15, -0.1) is 5.59 Å². The highest BCUT2D eigenvalue weighted by Crippen LogP contribution is 2.45. The van der Waals surface area contributed by atoms with E-state index in [1.807, 2.05) is 17.6 Å². The number of nitrogens with zero attached hydrogens (tertiary/aromatic N) is 1. The first kappa shape index (κ1) is 14.2. The van der Waals surface area contributed by atoms with Crippen LogP contribution in [0.1, 0.15) is 19.3 Å². The second-order valence-corrected chi connectivity index (χ2v) is 5.45. The predicted octanol–water partition coefficient (Wildman–Crippen LogP) is -0.895. The van der Waals surface area contributed by atoms with Crippen LogP contribution < -0.4 is 11.0 Å². The molecule has 4 unspecified atom stereocenters. The summed E-state index contributed by atoms with van der Waals surface area (Å²) in [6, 6.07) is 0. The molecule has 21 heavy (non-hydrogen) atoms. The van der Waals surface area contributed by atoms with E-state index in [9.17, 15) is 14.4 Å². The number of hydrogen-bond acceptors (Lipinski definition) is 6. The third-order valence-corrected chi connectivity index (χ3v) is 4.23. The second-order valence-electron chi connectivity index (χ2n) is 5.45. The molecule has 2 bridgehead atoms. The van der Waals surface area contributed by atoms with Gasteiger partial charge in [-0.25, -0.2) is 0 Å². The third-order valence-electron chi connectivity index (χ3n) is 4.23. The van der Waals surface area contributed by atoms with Crippen molar-refractivity contribution in [3.05, 3.63) is 12.2 Å². The highest BCUT2D eigenvalue weighted by Gasteiger charge is 2.60. The maximum Gasteiger partial charge on any atom is 0.236 e. The van der Waals surface area contributed by atoms with E-state index in [0.29, 0.717) is 19.4 Å². The first-order valence-electron chi connectivity index (χ1n) is 7.00. The number of hydrazine groups is 1. The highest BCUT2D eigenvalue weighted by molar-refractivity contribution is 6.06. The fourth-order valence-corrected chi connectivity index (χ4v) is 3.27. The predicted molar refractivity (Wildman–Crippen MR) is 68.4 cm³/mol. The van der Waals surface area contributed by atoms with E-state index in [1.54, 1.807) is 5.59 Å². The summed E-state index contributed by atoms with van der Waals surface area (Å²) >= 11 is 0. The number of imide groups is 1. The van der Waals surface area contributed by atoms with E-state index in [-0.39, 0.29) is 48.2 Å². The van der Waals surface area contributed by atoms with Gasteiger partial charge >= 0.3 is 0 Å². The molecule has 114 valence electrons. The number of carbonyl (C=O) groups excluding carboxylic acids is 3. The van der Waals surface area contributed by atoms with Crippen LogP contribution in [0.3, 0.4) is 0 Å². The van der Waals surface area contributed by atoms with Crippen molar-refractivity contribution in [2.75, 3.05) is 6.54 Å². The lowest BCUT2D eigenvalue weighted by atomic mass is 9.85. The average molecular weight is 295 g/mol. The van der Waals surface area contributed by atoms with Gasteiger partial charge in [-0.2, -0.15) is 0 Å². The second kappa shape index (κ2) is 5.55. The topological polar surface area (TPSA) is 108 Å². The van der Waals surface area contributed by atoms with Crippen molar-refractivity contribution in [2.24, 2.45) is 11.8 Å². The molecule has 3 aliphatic rings. The van der Waals surface area contributed by atoms with Crippen molar-refractivity contribution in [1.29, 1.82) is 0 Å². The van der Waals surface area contributed by atoms with Gasteiger partial charge in [0.05, 0.1) is 24.0 Å². The van der Waals surface area contributed by atoms with Gasteiger partial charge in [0.25, 0.3) is 0 Å². The molecular formula is C13H17N3O5. The Labute approximate surface area is 121 Å². The van der Waals surface area contributed by atoms with Crippen LogP contribution in [0, 0.1) is 11.8 Å². The Hall–Kier alpha value is -1.77. The molecule has 0 radical (unpaired) electrons. The smallest absolute Gasteiger partial charge is 0.236 e. The van der Waals surface area contributed by atoms with Crippen LogP contribution in [0.5, 0.6) is 0 Å². The average Bonchev–Trinajstić information content (AvgIpc) is 3.12. The molecule has 0 aliphatic carbocycles. The molecule has 0 spiro atoms. The van der Waals surface area contributed by atoms with E-state index in [2.05, 4.69) is 0 Å². The Balaban J connectivity index is 1.50. The van der Waals surface area contributed by atoms with Crippen molar-refractivity contribution in [1.82, 2.24) is 15.9 Å². The molecule has 3 aliphatic heterocycles. The van der Waals surface area contributed by atoms with Crippen LogP contribution in [0.15, 0.2) is 12.2 Å². The fourth-order valence-electron chi connectivity index (χ4n) is 3.27. The zero-order valence-corrected chi connectivity index (χ0v) is 11.3. The lowest BCUT2D eigenvalue weighted by molar-refractivity contribution is -0.142. The number of hydrogen-bond donors (Lipinski definition) is 3. The van der Waals surface area contributed by atoms with Crippen molar-refractivity contribution in [3.63, 3.8) is 0 Å². The van der Waals surface area contributed by atoms with Crippen LogP contribution >= 0.6 is 0 Å². The van der Waals surface area contributed by atoms with Crippen LogP contribution in [0.4, 0.5) is 0 Å². The fraction of sp³-hybridized carbons (Fsp3) is 0.615. The standard InChI is InChI=1S/C13H17N3O5/c17-9(14-15-20)3-1-2-6-16-12(18)10-7-4-5-8(21-7)11(10)13(16)19/h4-5,7-8,10-11,15,20H,1-3,6H2,(H,14,17). The molecule has 2 saturated heterocycles. The van der Waals surface area contributed by atoms with Crippen molar-refractivity contribution < 1.29 is 24.3 Å². The van der Waals surface area contributed by atoms with E-state index < -0.39 is 0 Å². The Morgan fingerprint density at radius 2 is 1.81 bits per heavy atom. The number of ether oxygens (including phenoxy) is 1. The summed E-state index contributed by atoms with van der Waals surface area (Å²) in [5, 5.41) is 8.29. The molecule has 8 heteroatoms. The number of carbonyl (C=O) groups is 3. The van der Waals surface area contributed by atoms with Gasteiger partial charge in [0, 0.05) is 13.0 Å². The van der Waals surface area contributed by atoms with Gasteiger partial charge in [-0.1, -0.05) is 12.2 Å². The van der Waals surface area contributed by atoms with E-state index in [0.717, 1.165) is 0 Å². The molecular weight excluding hydrogens is 278 g/mol. The molecule has 0 aromatic heterocycles. The summed E-state index contributed by atoms with van der Waals surface area (Å²) < 4.78 is 5.55. The molecule has 2 fully saturated rings. The van der Waals surface area contributed by atoms with Crippen molar-refractivity contribution in [3.8, 4) is 0 Å². The van der Waals surface area contributed by atoms with Crippen LogP contribution in [0.2, 0.25) is 0 Å². The largest absolute Gasteiger partial charge is 0.365 e. The minimum absolute atomic E-state index is 0.164. The minimum atomic E-state index is -0.366. The molecule has 0 aromatic carbocycles. The molecule has 3 N–H and O–H groups in total. The quantitative estimate of drug-likeness (QED) is 0.254. The van der Waals surface area contributed by atoms with Gasteiger partial charge in [0.15, 0.2) is 0 Å². The highest BCUT2D eigenvalue weighted by atomic mass is 16.5. The summed E-state index contributed by atoms with van der Waals surface area (Å²) in [4.78, 5) is 37.0. The van der Waals surface area contributed by atoms with Gasteiger partial charge in [0.2, 0.25) is 17.7 Å². The van der Waals surface area contributed by atoms with Gasteiger partial charge in [-0.3, -0.25) is 29.9 Å². The SMILES string of the molecule is O=C(CCCCN1C(=O)C2C3C=CC(O3)C2C1=O)NNO. The number of fused-ring (bicyclic) bond motifs is 5. The third kappa shape index (κ3) is 2.35. The first-order chi connectivity index (χ1) is 10.1. The Bertz CT molecular complexity index is 476. The summed E-state index contributed by atoms with van der Waals surface area (Å²) in [5.74, 6) is -1.40. The summed E-state index contributed by atoms with van der Waals surface area (Å²) in [6.45, 7) is 0.323. The Morgan fingerprint density at radius 3 is 2.38 bits per heavy atom. The first-order valence-corrected chi connectivity index (χ1v) is 7.00. The van der Waals surface area contributed by atoms with Crippen molar-refractivity contribution in [2.45, 2.75) is 31.5 Å². The van der Waals surface area contributed by atoms with Gasteiger partial charge in [0.1, 0.15) is 0 Å². The normalized spacial score (nSPS) is 32.9. The summed E-state index contributed by atoms with van der Waals surface area (Å²) in [6.07, 6.45) is 4.48. The summed E-state index contributed by atoms with van der Waals surface area (Å²) in [7, 11) is 0. The molecule has 3 amide bonds. The number of likely N-dealkylation sites (tertiary alicyclic amines) is 1. The number of nitrogens with one attached hydrogen (secondary N) is 2. The number of amides is 3. The maximum atomic E-state index is 12.3. The minimum Gasteiger partial charge on any atom is -0.365 e. The Kier molecular flexibility index (Phi) is 3.75. The lowest BCUT2D eigenvalue weighted by Gasteiger charge is -2.17. The van der Waals surface area contributed by atoms with Crippen LogP contribution in [-0.2, 0) is 19.1 Å². The van der Waals surface area contributed by atoms with Gasteiger partial charge in [-0.05, 0) is 12.8 Å². The number of unbranched alkanes of at least 4 members (excludes halogenated alkanes) is 1. The van der Waals surface area contributed by atoms with E-state index >= 15 is 0 Å². The molecule has 0 aromatic rings. The zero-order chi connectivity index (χ0) is 15.0. The van der Waals surface area contributed by atoms with E-state index in [4.69, 9.17) is 9.94 Å². The lowest BCUT2D eigenvalue weighted by Crippen LogP contribution is -2.36. The van der Waals surface area contributed by atoms with Gasteiger partial charge < -0.3 is 4.74 Å². The molecule has 3 rings (SSSR count). The maximum absolute atomic E-state index is 12.3. The molecule has 4 atom stereocenters. The van der Waals surface area contributed by atoms with Crippen LogP contribution in [0.25, 0.3) is 0 Å². The van der Waals surface area contributed by atoms with E-state index in [1.165, 1.54) is 4.90 Å². The van der Waals surface area contributed by atoms with Crippen molar-refractivity contribution >= 4 is 17.7 Å². The molecule has 8 nitrogen and oxygen atoms in total. The van der Waals surface area contributed by atoms with Crippen LogP contribution in [-0.4, -0.2) is 46.6 Å². The monoisotopic (exact) mass is 295 g/mol. The molecule has 3 heterocycles. The summed E-state index contributed by atoms with van der Waals surface area (Å²) in [5.41, 5.74) is 3.61. The Morgan fingerprint density at radius 1 is 1.19 bits per heavy atom.